The maximum atomic E-state index is 12.9. The molecule has 0 saturated heterocycles. The number of thioether (sulfide) groups is 1. The van der Waals surface area contributed by atoms with Crippen molar-refractivity contribution in [1.29, 1.82) is 0 Å². The summed E-state index contributed by atoms with van der Waals surface area (Å²) >= 11 is 1.13. The van der Waals surface area contributed by atoms with E-state index in [0.29, 0.717) is 16.6 Å². The largest absolute Gasteiger partial charge is 0.496 e. The maximum Gasteiger partial charge on any atom is 0.283 e. The molecular weight excluding hydrogens is 350 g/mol. The molecule has 2 amide bonds. The van der Waals surface area contributed by atoms with Gasteiger partial charge in [-0.05, 0) is 24.3 Å². The highest BCUT2D eigenvalue weighted by atomic mass is 32.2. The molecule has 2 N–H and O–H groups in total. The number of amides is 2. The highest BCUT2D eigenvalue weighted by Gasteiger charge is 2.32. The average Bonchev–Trinajstić information content (AvgIpc) is 2.96. The Balaban J connectivity index is 2.00. The molecule has 0 fully saturated rings. The first-order chi connectivity index (χ1) is 12.6. The minimum absolute atomic E-state index is 0.0391. The molecule has 2 aromatic carbocycles. The van der Waals surface area contributed by atoms with Gasteiger partial charge in [-0.25, -0.2) is 4.99 Å². The van der Waals surface area contributed by atoms with E-state index >= 15 is 0 Å². The lowest BCUT2D eigenvalue weighted by Crippen LogP contribution is -2.31. The molecule has 0 aliphatic carbocycles. The van der Waals surface area contributed by atoms with Gasteiger partial charge in [0.2, 0.25) is 5.91 Å². The van der Waals surface area contributed by atoms with Crippen LogP contribution in [0.4, 0.5) is 5.69 Å². The zero-order valence-corrected chi connectivity index (χ0v) is 14.9. The summed E-state index contributed by atoms with van der Waals surface area (Å²) in [7, 11) is 1.57. The molecule has 0 unspecified atom stereocenters. The summed E-state index contributed by atoms with van der Waals surface area (Å²) in [6.07, 6.45) is 1.68. The van der Waals surface area contributed by atoms with E-state index in [1.807, 2.05) is 54.6 Å². The highest BCUT2D eigenvalue weighted by Crippen LogP contribution is 2.30. The molecule has 0 spiro atoms. The van der Waals surface area contributed by atoms with Crippen LogP contribution in [-0.4, -0.2) is 29.8 Å². The van der Waals surface area contributed by atoms with Crippen LogP contribution in [0, 0.1) is 0 Å². The normalized spacial score (nSPS) is 15.3. The smallest absolute Gasteiger partial charge is 0.283 e. The van der Waals surface area contributed by atoms with Crippen LogP contribution in [0.3, 0.4) is 0 Å². The molecular formula is C19H17N3O3S. The first-order valence-electron chi connectivity index (χ1n) is 7.84. The van der Waals surface area contributed by atoms with Gasteiger partial charge in [-0.3, -0.25) is 14.5 Å². The van der Waals surface area contributed by atoms with Crippen molar-refractivity contribution >= 4 is 40.5 Å². The zero-order valence-electron chi connectivity index (χ0n) is 14.1. The molecule has 132 valence electrons. The summed E-state index contributed by atoms with van der Waals surface area (Å²) in [6.45, 7) is 0. The van der Waals surface area contributed by atoms with Crippen LogP contribution in [0.1, 0.15) is 5.56 Å². The van der Waals surface area contributed by atoms with Crippen molar-refractivity contribution in [1.82, 2.24) is 0 Å². The molecule has 0 radical (unpaired) electrons. The van der Waals surface area contributed by atoms with Gasteiger partial charge in [-0.2, -0.15) is 0 Å². The Bertz CT molecular complexity index is 894. The van der Waals surface area contributed by atoms with Gasteiger partial charge < -0.3 is 10.5 Å². The number of primary amides is 1. The van der Waals surface area contributed by atoms with Gasteiger partial charge in [0.05, 0.1) is 18.6 Å². The van der Waals surface area contributed by atoms with E-state index in [4.69, 9.17) is 10.5 Å². The van der Waals surface area contributed by atoms with Crippen LogP contribution >= 0.6 is 11.8 Å². The van der Waals surface area contributed by atoms with Crippen molar-refractivity contribution in [3.8, 4) is 5.75 Å². The number of carbonyl (C=O) groups is 2. The lowest BCUT2D eigenvalue weighted by molar-refractivity contribution is -0.115. The zero-order chi connectivity index (χ0) is 18.5. The Morgan fingerprint density at radius 3 is 2.58 bits per heavy atom. The predicted octanol–water partition coefficient (Wildman–Crippen LogP) is 2.66. The van der Waals surface area contributed by atoms with Gasteiger partial charge in [-0.1, -0.05) is 48.2 Å². The Hall–Kier alpha value is -3.06. The van der Waals surface area contributed by atoms with E-state index < -0.39 is 5.91 Å². The molecule has 2 aromatic rings. The fraction of sp³-hybridized carbons (Fsp3) is 0.105. The van der Waals surface area contributed by atoms with Crippen molar-refractivity contribution in [3.05, 3.63) is 65.9 Å². The lowest BCUT2D eigenvalue weighted by atomic mass is 10.1. The Morgan fingerprint density at radius 1 is 1.19 bits per heavy atom. The van der Waals surface area contributed by atoms with Crippen molar-refractivity contribution < 1.29 is 14.3 Å². The fourth-order valence-corrected chi connectivity index (χ4v) is 3.22. The van der Waals surface area contributed by atoms with E-state index in [9.17, 15) is 9.59 Å². The summed E-state index contributed by atoms with van der Waals surface area (Å²) in [4.78, 5) is 30.0. The summed E-state index contributed by atoms with van der Waals surface area (Å²) in [6, 6.07) is 16.5. The summed E-state index contributed by atoms with van der Waals surface area (Å²) < 4.78 is 5.32. The van der Waals surface area contributed by atoms with Gasteiger partial charge in [0, 0.05) is 5.56 Å². The average molecular weight is 367 g/mol. The summed E-state index contributed by atoms with van der Waals surface area (Å²) in [5.41, 5.74) is 6.93. The monoisotopic (exact) mass is 367 g/mol. The molecule has 1 heterocycles. The molecule has 0 bridgehead atoms. The maximum absolute atomic E-state index is 12.9. The summed E-state index contributed by atoms with van der Waals surface area (Å²) in [5.74, 6) is -0.0564. The number of methoxy groups -OCH3 is 1. The van der Waals surface area contributed by atoms with Crippen molar-refractivity contribution in [2.45, 2.75) is 0 Å². The van der Waals surface area contributed by atoms with Crippen molar-refractivity contribution in [3.63, 3.8) is 0 Å². The first kappa shape index (κ1) is 17.8. The second-order valence-electron chi connectivity index (χ2n) is 5.40. The number of hydrogen-bond acceptors (Lipinski definition) is 5. The number of amidine groups is 1. The first-order valence-corrected chi connectivity index (χ1v) is 8.82. The molecule has 0 saturated carbocycles. The third-order valence-corrected chi connectivity index (χ3v) is 4.58. The molecule has 3 rings (SSSR count). The van der Waals surface area contributed by atoms with E-state index in [0.717, 1.165) is 17.3 Å². The fourth-order valence-electron chi connectivity index (χ4n) is 2.47. The summed E-state index contributed by atoms with van der Waals surface area (Å²) in [5, 5.41) is 0.418. The van der Waals surface area contributed by atoms with Crippen LogP contribution in [0.2, 0.25) is 0 Å². The van der Waals surface area contributed by atoms with Gasteiger partial charge in [0.15, 0.2) is 5.17 Å². The van der Waals surface area contributed by atoms with Gasteiger partial charge >= 0.3 is 0 Å². The van der Waals surface area contributed by atoms with Crippen LogP contribution in [0.15, 0.2) is 65.3 Å². The number of aliphatic imine (C=N–C) groups is 1. The number of para-hydroxylation sites is 2. The SMILES string of the molecule is COc1ccccc1/C=C1/N=C(SCC(N)=O)N(c2ccccc2)C1=O. The van der Waals surface area contributed by atoms with Crippen molar-refractivity contribution in [2.75, 3.05) is 17.8 Å². The topological polar surface area (TPSA) is 85.0 Å². The number of hydrogen-bond donors (Lipinski definition) is 1. The third-order valence-electron chi connectivity index (χ3n) is 3.62. The number of rotatable bonds is 5. The second kappa shape index (κ2) is 7.88. The van der Waals surface area contributed by atoms with Crippen LogP contribution in [0.5, 0.6) is 5.75 Å². The molecule has 6 nitrogen and oxygen atoms in total. The van der Waals surface area contributed by atoms with Crippen LogP contribution in [-0.2, 0) is 9.59 Å². The number of nitrogens with zero attached hydrogens (tertiary/aromatic N) is 2. The van der Waals surface area contributed by atoms with E-state index in [2.05, 4.69) is 4.99 Å². The third kappa shape index (κ3) is 3.78. The Labute approximate surface area is 155 Å². The number of benzene rings is 2. The highest BCUT2D eigenvalue weighted by molar-refractivity contribution is 8.14. The number of anilines is 1. The number of nitrogens with two attached hydrogens (primary N) is 1. The lowest BCUT2D eigenvalue weighted by Gasteiger charge is -2.17. The quantitative estimate of drug-likeness (QED) is 0.824. The minimum atomic E-state index is -0.472. The minimum Gasteiger partial charge on any atom is -0.496 e. The standard InChI is InChI=1S/C19H17N3O3S/c1-25-16-10-6-5-7-13(16)11-15-18(24)22(14-8-3-2-4-9-14)19(21-15)26-12-17(20)23/h2-11H,12H2,1H3,(H2,20,23)/b15-11+. The van der Waals surface area contributed by atoms with E-state index in [1.165, 1.54) is 4.90 Å². The van der Waals surface area contributed by atoms with E-state index in [1.54, 1.807) is 13.2 Å². The molecule has 1 aliphatic heterocycles. The predicted molar refractivity (Wildman–Crippen MR) is 104 cm³/mol. The van der Waals surface area contributed by atoms with Crippen LogP contribution in [0.25, 0.3) is 6.08 Å². The van der Waals surface area contributed by atoms with Gasteiger partial charge in [0.25, 0.3) is 5.91 Å². The van der Waals surface area contributed by atoms with Gasteiger partial charge in [0.1, 0.15) is 11.4 Å². The molecule has 0 atom stereocenters. The second-order valence-corrected chi connectivity index (χ2v) is 6.34. The van der Waals surface area contributed by atoms with Crippen molar-refractivity contribution in [2.24, 2.45) is 10.7 Å². The Kier molecular flexibility index (Phi) is 5.38. The molecule has 0 aromatic heterocycles. The number of carbonyl (C=O) groups excluding carboxylic acids is 2. The molecule has 1 aliphatic rings. The van der Waals surface area contributed by atoms with Crippen LogP contribution < -0.4 is 15.4 Å². The van der Waals surface area contributed by atoms with E-state index in [-0.39, 0.29) is 17.4 Å². The number of ether oxygens (including phenoxy) is 1. The Morgan fingerprint density at radius 2 is 1.88 bits per heavy atom. The van der Waals surface area contributed by atoms with Gasteiger partial charge in [-0.15, -0.1) is 0 Å². The molecule has 7 heteroatoms. The molecule has 26 heavy (non-hydrogen) atoms.